The number of nitrogens with zero attached hydrogens (tertiary/aromatic N) is 3. The zero-order valence-corrected chi connectivity index (χ0v) is 16.9. The lowest BCUT2D eigenvalue weighted by Gasteiger charge is -2.41. The monoisotopic (exact) mass is 423 g/mol. The van der Waals surface area contributed by atoms with E-state index in [1.54, 1.807) is 20.8 Å². The third-order valence-electron chi connectivity index (χ3n) is 3.72. The standard InChI is InChI=1S/C16H20Cl3N3O4/c1-16(2,3)26-15(25)21-4-5-22(9(7-21)8-23)14(24)12-10(17)6-11(18)20-13(12)19/h6,9,23H,4-5,7-8H2,1-3H3. The fourth-order valence-corrected chi connectivity index (χ4v) is 3.45. The summed E-state index contributed by atoms with van der Waals surface area (Å²) in [4.78, 5) is 31.8. The molecule has 2 amide bonds. The van der Waals surface area contributed by atoms with Gasteiger partial charge in [0.15, 0.2) is 0 Å². The van der Waals surface area contributed by atoms with E-state index >= 15 is 0 Å². The number of hydrogen-bond acceptors (Lipinski definition) is 5. The van der Waals surface area contributed by atoms with Crippen molar-refractivity contribution in [2.24, 2.45) is 0 Å². The summed E-state index contributed by atoms with van der Waals surface area (Å²) in [6.45, 7) is 5.56. The highest BCUT2D eigenvalue weighted by Crippen LogP contribution is 2.28. The molecule has 2 heterocycles. The fraction of sp³-hybridized carbons (Fsp3) is 0.562. The topological polar surface area (TPSA) is 83.0 Å². The Morgan fingerprint density at radius 1 is 1.31 bits per heavy atom. The molecule has 1 N–H and O–H groups in total. The van der Waals surface area contributed by atoms with Gasteiger partial charge in [0.25, 0.3) is 5.91 Å². The molecule has 2 rings (SSSR count). The van der Waals surface area contributed by atoms with Crippen molar-refractivity contribution in [3.05, 3.63) is 27.0 Å². The number of aliphatic hydroxyl groups excluding tert-OH is 1. The van der Waals surface area contributed by atoms with E-state index in [0.29, 0.717) is 0 Å². The Morgan fingerprint density at radius 3 is 2.50 bits per heavy atom. The van der Waals surface area contributed by atoms with Crippen LogP contribution in [0.15, 0.2) is 6.07 Å². The maximum absolute atomic E-state index is 12.9. The number of rotatable bonds is 2. The van der Waals surface area contributed by atoms with E-state index in [4.69, 9.17) is 39.5 Å². The number of carbonyl (C=O) groups excluding carboxylic acids is 2. The minimum Gasteiger partial charge on any atom is -0.444 e. The first-order chi connectivity index (χ1) is 12.0. The van der Waals surface area contributed by atoms with Gasteiger partial charge in [-0.25, -0.2) is 9.78 Å². The fourth-order valence-electron chi connectivity index (χ4n) is 2.56. The second-order valence-electron chi connectivity index (χ2n) is 6.85. The molecule has 7 nitrogen and oxygen atoms in total. The summed E-state index contributed by atoms with van der Waals surface area (Å²) in [5, 5.41) is 9.73. The second kappa shape index (κ2) is 8.17. The Hall–Kier alpha value is -1.28. The minimum absolute atomic E-state index is 0.0156. The van der Waals surface area contributed by atoms with Crippen LogP contribution in [0.2, 0.25) is 15.3 Å². The molecule has 0 spiro atoms. The summed E-state index contributed by atoms with van der Waals surface area (Å²) in [5.41, 5.74) is -0.615. The Labute approximate surface area is 166 Å². The van der Waals surface area contributed by atoms with E-state index in [9.17, 15) is 14.7 Å². The molecular formula is C16H20Cl3N3O4. The minimum atomic E-state index is -0.630. The van der Waals surface area contributed by atoms with Crippen LogP contribution in [0.4, 0.5) is 4.79 Å². The zero-order valence-electron chi connectivity index (χ0n) is 14.6. The molecule has 0 aromatic carbocycles. The molecule has 1 saturated heterocycles. The van der Waals surface area contributed by atoms with E-state index < -0.39 is 23.6 Å². The average molecular weight is 425 g/mol. The van der Waals surface area contributed by atoms with Gasteiger partial charge in [-0.3, -0.25) is 4.79 Å². The number of aliphatic hydroxyl groups is 1. The Bertz CT molecular complexity index is 685. The highest BCUT2D eigenvalue weighted by atomic mass is 35.5. The zero-order chi connectivity index (χ0) is 19.6. The second-order valence-corrected chi connectivity index (χ2v) is 8.01. The van der Waals surface area contributed by atoms with Gasteiger partial charge in [0.2, 0.25) is 0 Å². The molecular weight excluding hydrogens is 405 g/mol. The summed E-state index contributed by atoms with van der Waals surface area (Å²) in [7, 11) is 0. The lowest BCUT2D eigenvalue weighted by molar-refractivity contribution is -0.00243. The highest BCUT2D eigenvalue weighted by molar-refractivity contribution is 6.40. The Kier molecular flexibility index (Phi) is 6.60. The smallest absolute Gasteiger partial charge is 0.410 e. The largest absolute Gasteiger partial charge is 0.444 e. The first-order valence-electron chi connectivity index (χ1n) is 7.94. The van der Waals surface area contributed by atoms with Gasteiger partial charge in [-0.05, 0) is 26.8 Å². The SMILES string of the molecule is CC(C)(C)OC(=O)N1CCN(C(=O)c2c(Cl)cc(Cl)nc2Cl)C(CO)C1. The van der Waals surface area contributed by atoms with Gasteiger partial charge in [0, 0.05) is 19.6 Å². The number of piperazine rings is 1. The lowest BCUT2D eigenvalue weighted by Crippen LogP contribution is -2.58. The first-order valence-corrected chi connectivity index (χ1v) is 9.08. The molecule has 1 aromatic heterocycles. The van der Waals surface area contributed by atoms with E-state index in [-0.39, 0.29) is 47.1 Å². The molecule has 1 unspecified atom stereocenters. The number of halogens is 3. The molecule has 144 valence electrons. The van der Waals surface area contributed by atoms with Crippen molar-refractivity contribution >= 4 is 46.8 Å². The van der Waals surface area contributed by atoms with Crippen molar-refractivity contribution in [2.75, 3.05) is 26.2 Å². The van der Waals surface area contributed by atoms with Crippen molar-refractivity contribution in [1.82, 2.24) is 14.8 Å². The van der Waals surface area contributed by atoms with E-state index in [0.717, 1.165) is 0 Å². The summed E-state index contributed by atoms with van der Waals surface area (Å²) < 4.78 is 5.34. The van der Waals surface area contributed by atoms with Crippen molar-refractivity contribution in [2.45, 2.75) is 32.4 Å². The number of aromatic nitrogens is 1. The Balaban J connectivity index is 2.17. The molecule has 1 aliphatic rings. The molecule has 26 heavy (non-hydrogen) atoms. The van der Waals surface area contributed by atoms with Crippen molar-refractivity contribution < 1.29 is 19.4 Å². The summed E-state index contributed by atoms with van der Waals surface area (Å²) in [6.07, 6.45) is -0.493. The third-order valence-corrected chi connectivity index (χ3v) is 4.48. The quantitative estimate of drug-likeness (QED) is 0.738. The third kappa shape index (κ3) is 4.91. The van der Waals surface area contributed by atoms with Crippen LogP contribution in [-0.2, 0) is 4.74 Å². The molecule has 0 saturated carbocycles. The van der Waals surface area contributed by atoms with Crippen LogP contribution < -0.4 is 0 Å². The number of pyridine rings is 1. The Morgan fingerprint density at radius 2 is 1.96 bits per heavy atom. The van der Waals surface area contributed by atoms with Crippen LogP contribution in [0.25, 0.3) is 0 Å². The van der Waals surface area contributed by atoms with Crippen LogP contribution in [0.3, 0.4) is 0 Å². The van der Waals surface area contributed by atoms with Crippen molar-refractivity contribution in [1.29, 1.82) is 0 Å². The molecule has 10 heteroatoms. The molecule has 1 aromatic rings. The highest BCUT2D eigenvalue weighted by Gasteiger charge is 2.35. The van der Waals surface area contributed by atoms with Crippen molar-refractivity contribution in [3.8, 4) is 0 Å². The van der Waals surface area contributed by atoms with Gasteiger partial charge in [-0.15, -0.1) is 0 Å². The van der Waals surface area contributed by atoms with Crippen LogP contribution in [0.5, 0.6) is 0 Å². The summed E-state index contributed by atoms with van der Waals surface area (Å²) in [6, 6.07) is 0.708. The lowest BCUT2D eigenvalue weighted by atomic mass is 10.1. The van der Waals surface area contributed by atoms with Crippen LogP contribution >= 0.6 is 34.8 Å². The van der Waals surface area contributed by atoms with Gasteiger partial charge in [-0.1, -0.05) is 34.8 Å². The van der Waals surface area contributed by atoms with Crippen LogP contribution in [0.1, 0.15) is 31.1 Å². The number of amides is 2. The number of carbonyl (C=O) groups is 2. The van der Waals surface area contributed by atoms with Gasteiger partial charge in [0.05, 0.1) is 23.2 Å². The average Bonchev–Trinajstić information content (AvgIpc) is 2.51. The van der Waals surface area contributed by atoms with Crippen LogP contribution in [-0.4, -0.2) is 69.8 Å². The van der Waals surface area contributed by atoms with E-state index in [2.05, 4.69) is 4.98 Å². The molecule has 1 atom stereocenters. The van der Waals surface area contributed by atoms with Crippen molar-refractivity contribution in [3.63, 3.8) is 0 Å². The van der Waals surface area contributed by atoms with Gasteiger partial charge < -0.3 is 19.6 Å². The molecule has 0 aliphatic carbocycles. The molecule has 0 bridgehead atoms. The summed E-state index contributed by atoms with van der Waals surface area (Å²) >= 11 is 17.9. The predicted molar refractivity (Wildman–Crippen MR) is 99.0 cm³/mol. The van der Waals surface area contributed by atoms with E-state index in [1.807, 2.05) is 0 Å². The first kappa shape index (κ1) is 21.0. The van der Waals surface area contributed by atoms with Gasteiger partial charge >= 0.3 is 6.09 Å². The van der Waals surface area contributed by atoms with Gasteiger partial charge in [0.1, 0.15) is 15.9 Å². The van der Waals surface area contributed by atoms with Gasteiger partial charge in [-0.2, -0.15) is 0 Å². The maximum Gasteiger partial charge on any atom is 0.410 e. The normalized spacial score (nSPS) is 18.0. The summed E-state index contributed by atoms with van der Waals surface area (Å²) in [5.74, 6) is -0.480. The van der Waals surface area contributed by atoms with E-state index in [1.165, 1.54) is 15.9 Å². The number of ether oxygens (including phenoxy) is 1. The van der Waals surface area contributed by atoms with Crippen LogP contribution in [0, 0.1) is 0 Å². The molecule has 1 fully saturated rings. The predicted octanol–water partition coefficient (Wildman–Crippen LogP) is 3.10. The number of hydrogen-bond donors (Lipinski definition) is 1. The molecule has 0 radical (unpaired) electrons. The molecule has 1 aliphatic heterocycles. The maximum atomic E-state index is 12.9.